The first-order valence-electron chi connectivity index (χ1n) is 28.2. The second-order valence-electron chi connectivity index (χ2n) is 18.8. The number of carbonyl (C=O) groups excluding carboxylic acids is 2. The van der Waals surface area contributed by atoms with Crippen LogP contribution in [-0.2, 0) is 23.8 Å². The van der Waals surface area contributed by atoms with Crippen LogP contribution in [0.4, 0.5) is 0 Å². The maximum atomic E-state index is 12.6. The van der Waals surface area contributed by atoms with Crippen molar-refractivity contribution in [3.63, 3.8) is 0 Å². The lowest BCUT2D eigenvalue weighted by molar-refractivity contribution is -0.155. The van der Waals surface area contributed by atoms with Crippen molar-refractivity contribution in [2.45, 2.75) is 297 Å². The molecule has 0 radical (unpaired) electrons. The molecule has 0 spiro atoms. The van der Waals surface area contributed by atoms with Crippen molar-refractivity contribution in [2.24, 2.45) is 0 Å². The molecule has 0 aromatic carbocycles. The van der Waals surface area contributed by atoms with E-state index in [4.69, 9.17) is 14.2 Å². The number of hydrogen-bond donors (Lipinski definition) is 0. The van der Waals surface area contributed by atoms with Crippen LogP contribution in [0.5, 0.6) is 0 Å². The molecule has 0 aliphatic heterocycles. The minimum absolute atomic E-state index is 0.146. The molecule has 0 aromatic heterocycles. The highest BCUT2D eigenvalue weighted by atomic mass is 16.6. The molecule has 0 aliphatic rings. The molecule has 0 heterocycles. The van der Waals surface area contributed by atoms with E-state index in [2.05, 4.69) is 69.4 Å². The van der Waals surface area contributed by atoms with E-state index >= 15 is 0 Å². The zero-order chi connectivity index (χ0) is 46.3. The Morgan fingerprint density at radius 2 is 0.594 bits per heavy atom. The molecular weight excluding hydrogens is 789 g/mol. The van der Waals surface area contributed by atoms with Crippen molar-refractivity contribution in [1.29, 1.82) is 0 Å². The molecule has 0 bridgehead atoms. The van der Waals surface area contributed by atoms with Gasteiger partial charge in [-0.3, -0.25) is 9.59 Å². The number of ether oxygens (including phenoxy) is 3. The van der Waals surface area contributed by atoms with Gasteiger partial charge in [0.15, 0.2) is 0 Å². The van der Waals surface area contributed by atoms with Gasteiger partial charge in [0.05, 0.1) is 0 Å². The molecule has 0 unspecified atom stereocenters. The second kappa shape index (κ2) is 55.2. The minimum atomic E-state index is -0.410. The van der Waals surface area contributed by atoms with Gasteiger partial charge in [-0.25, -0.2) is 0 Å². The number of rotatable bonds is 52. The summed E-state index contributed by atoms with van der Waals surface area (Å²) in [5.41, 5.74) is 0. The molecule has 0 aromatic rings. The fraction of sp³-hybridized carbons (Fsp3) is 0.831. The van der Waals surface area contributed by atoms with Crippen LogP contribution in [0.2, 0.25) is 0 Å². The number of allylic oxidation sites excluding steroid dienone is 8. The van der Waals surface area contributed by atoms with Crippen LogP contribution in [0, 0.1) is 0 Å². The standard InChI is InChI=1S/C59H108O5/c1-4-7-10-13-16-19-22-25-28-30-32-35-38-41-44-47-50-53-59(61)64-56-57(62-54-51-48-45-42-39-36-33-29-26-23-20-17-14-11-8-5-2)55-63-58(60)52-49-46-43-40-37-34-31-27-24-21-18-15-12-9-6-3/h16,19,25,27-28,31-32,35,57H,4-15,17-18,20-24,26,29-30,33-34,36-56H2,1-3H3/b19-16-,28-25-,31-27-,35-32-/t57-/m0/s1. The molecule has 0 rings (SSSR count). The molecule has 0 fully saturated rings. The fourth-order valence-electron chi connectivity index (χ4n) is 8.08. The summed E-state index contributed by atoms with van der Waals surface area (Å²) in [6.07, 6.45) is 68.6. The normalized spacial score (nSPS) is 12.5. The van der Waals surface area contributed by atoms with Gasteiger partial charge in [0, 0.05) is 19.4 Å². The summed E-state index contributed by atoms with van der Waals surface area (Å²) in [4.78, 5) is 25.3. The van der Waals surface area contributed by atoms with E-state index in [9.17, 15) is 9.59 Å². The van der Waals surface area contributed by atoms with Crippen molar-refractivity contribution in [1.82, 2.24) is 0 Å². The van der Waals surface area contributed by atoms with Gasteiger partial charge in [0.25, 0.3) is 0 Å². The Morgan fingerprint density at radius 1 is 0.328 bits per heavy atom. The van der Waals surface area contributed by atoms with Crippen LogP contribution in [0.15, 0.2) is 48.6 Å². The van der Waals surface area contributed by atoms with Crippen LogP contribution in [-0.4, -0.2) is 37.9 Å². The zero-order valence-electron chi connectivity index (χ0n) is 43.1. The van der Waals surface area contributed by atoms with Gasteiger partial charge in [-0.1, -0.05) is 243 Å². The first-order valence-corrected chi connectivity index (χ1v) is 28.2. The highest BCUT2D eigenvalue weighted by Crippen LogP contribution is 2.15. The monoisotopic (exact) mass is 897 g/mol. The Hall–Kier alpha value is -2.14. The fourth-order valence-corrected chi connectivity index (χ4v) is 8.08. The number of carbonyl (C=O) groups is 2. The van der Waals surface area contributed by atoms with E-state index in [0.717, 1.165) is 83.5 Å². The summed E-state index contributed by atoms with van der Waals surface area (Å²) < 4.78 is 17.5. The van der Waals surface area contributed by atoms with Crippen molar-refractivity contribution in [3.05, 3.63) is 48.6 Å². The first kappa shape index (κ1) is 61.9. The summed E-state index contributed by atoms with van der Waals surface area (Å²) in [5.74, 6) is -0.356. The van der Waals surface area contributed by atoms with E-state index in [1.165, 1.54) is 173 Å². The van der Waals surface area contributed by atoms with Crippen LogP contribution in [0.25, 0.3) is 0 Å². The van der Waals surface area contributed by atoms with E-state index in [0.29, 0.717) is 19.4 Å². The van der Waals surface area contributed by atoms with Crippen LogP contribution in [0.3, 0.4) is 0 Å². The summed E-state index contributed by atoms with van der Waals surface area (Å²) >= 11 is 0. The number of esters is 2. The molecular formula is C59H108O5. The molecule has 5 heteroatoms. The Labute approximate surface area is 399 Å². The lowest BCUT2D eigenvalue weighted by atomic mass is 10.0. The summed E-state index contributed by atoms with van der Waals surface area (Å²) in [7, 11) is 0. The summed E-state index contributed by atoms with van der Waals surface area (Å²) in [5, 5.41) is 0. The minimum Gasteiger partial charge on any atom is -0.463 e. The van der Waals surface area contributed by atoms with Gasteiger partial charge >= 0.3 is 11.9 Å². The molecule has 5 nitrogen and oxygen atoms in total. The van der Waals surface area contributed by atoms with Gasteiger partial charge in [-0.15, -0.1) is 0 Å². The third kappa shape index (κ3) is 52.5. The summed E-state index contributed by atoms with van der Waals surface area (Å²) in [6.45, 7) is 7.71. The maximum Gasteiger partial charge on any atom is 0.305 e. The molecule has 1 atom stereocenters. The number of hydrogen-bond acceptors (Lipinski definition) is 5. The largest absolute Gasteiger partial charge is 0.463 e. The van der Waals surface area contributed by atoms with E-state index < -0.39 is 6.10 Å². The van der Waals surface area contributed by atoms with Crippen molar-refractivity contribution in [2.75, 3.05) is 19.8 Å². The Balaban J connectivity index is 4.29. The van der Waals surface area contributed by atoms with Crippen LogP contribution in [0.1, 0.15) is 290 Å². The molecule has 0 amide bonds. The Bertz CT molecular complexity index is 1060. The Kier molecular flexibility index (Phi) is 53.3. The average molecular weight is 898 g/mol. The maximum absolute atomic E-state index is 12.6. The van der Waals surface area contributed by atoms with Gasteiger partial charge in [-0.2, -0.15) is 0 Å². The quantitative estimate of drug-likeness (QED) is 0.0346. The van der Waals surface area contributed by atoms with Crippen molar-refractivity contribution >= 4 is 11.9 Å². The average Bonchev–Trinajstić information content (AvgIpc) is 3.30. The van der Waals surface area contributed by atoms with Gasteiger partial charge in [-0.05, 0) is 83.5 Å². The first-order chi connectivity index (χ1) is 31.6. The van der Waals surface area contributed by atoms with Crippen molar-refractivity contribution in [3.8, 4) is 0 Å². The molecule has 0 saturated carbocycles. The third-order valence-electron chi connectivity index (χ3n) is 12.4. The third-order valence-corrected chi connectivity index (χ3v) is 12.4. The van der Waals surface area contributed by atoms with E-state index in [1.807, 2.05) is 0 Å². The molecule has 0 aliphatic carbocycles. The second-order valence-corrected chi connectivity index (χ2v) is 18.8. The van der Waals surface area contributed by atoms with E-state index in [1.54, 1.807) is 0 Å². The zero-order valence-corrected chi connectivity index (χ0v) is 43.1. The smallest absolute Gasteiger partial charge is 0.305 e. The van der Waals surface area contributed by atoms with Gasteiger partial charge in [0.1, 0.15) is 19.3 Å². The predicted octanol–water partition coefficient (Wildman–Crippen LogP) is 19.1. The highest BCUT2D eigenvalue weighted by Gasteiger charge is 2.16. The lowest BCUT2D eigenvalue weighted by Gasteiger charge is -2.18. The SMILES string of the molecule is CCCCC/C=C\C/C=C\C/C=C\CCCCCCC(=O)OC[C@H](COC(=O)CCCCCCC/C=C\CCCCCCCC)OCCCCCCCCCCCCCCCCCC. The molecule has 0 N–H and O–H groups in total. The molecule has 374 valence electrons. The molecule has 64 heavy (non-hydrogen) atoms. The van der Waals surface area contributed by atoms with Gasteiger partial charge < -0.3 is 14.2 Å². The topological polar surface area (TPSA) is 61.8 Å². The summed E-state index contributed by atoms with van der Waals surface area (Å²) in [6, 6.07) is 0. The van der Waals surface area contributed by atoms with Crippen LogP contribution >= 0.6 is 0 Å². The number of unbranched alkanes of at least 4 members (excludes halogenated alkanes) is 33. The Morgan fingerprint density at radius 3 is 0.969 bits per heavy atom. The predicted molar refractivity (Wildman–Crippen MR) is 279 cm³/mol. The van der Waals surface area contributed by atoms with Crippen LogP contribution < -0.4 is 0 Å². The lowest BCUT2D eigenvalue weighted by Crippen LogP contribution is -2.29. The molecule has 0 saturated heterocycles. The van der Waals surface area contributed by atoms with E-state index in [-0.39, 0.29) is 25.2 Å². The highest BCUT2D eigenvalue weighted by molar-refractivity contribution is 5.69. The van der Waals surface area contributed by atoms with Crippen molar-refractivity contribution < 1.29 is 23.8 Å². The van der Waals surface area contributed by atoms with Gasteiger partial charge in [0.2, 0.25) is 0 Å².